The van der Waals surface area contributed by atoms with Gasteiger partial charge in [-0.3, -0.25) is 4.79 Å². The fourth-order valence-corrected chi connectivity index (χ4v) is 1.49. The van der Waals surface area contributed by atoms with E-state index in [1.54, 1.807) is 0 Å². The maximum atomic E-state index is 11.5. The third-order valence-corrected chi connectivity index (χ3v) is 2.67. The van der Waals surface area contributed by atoms with E-state index in [4.69, 9.17) is 0 Å². The molecule has 1 aromatic rings. The maximum Gasteiger partial charge on any atom is 0.162 e. The Morgan fingerprint density at radius 3 is 2.46 bits per heavy atom. The van der Waals surface area contributed by atoms with Gasteiger partial charge in [0.05, 0.1) is 0 Å². The molecule has 0 saturated carbocycles. The number of carbonyl (C=O) groups excluding carboxylic acids is 1. The molecule has 1 aromatic carbocycles. The molecule has 1 rings (SSSR count). The van der Waals surface area contributed by atoms with E-state index in [9.17, 15) is 4.79 Å². The standard InChI is InChI=1S/C11H13IO/c1-9-4-6-10(7-5-9)11(13)3-2-8-12/h4-7H,2-3,8H2,1H3. The van der Waals surface area contributed by atoms with Crippen LogP contribution in [-0.2, 0) is 0 Å². The first-order chi connectivity index (χ1) is 6.24. The van der Waals surface area contributed by atoms with Gasteiger partial charge in [-0.15, -0.1) is 0 Å². The van der Waals surface area contributed by atoms with Crippen LogP contribution in [-0.4, -0.2) is 10.2 Å². The van der Waals surface area contributed by atoms with E-state index < -0.39 is 0 Å². The van der Waals surface area contributed by atoms with Crippen LogP contribution in [0.4, 0.5) is 0 Å². The number of halogens is 1. The van der Waals surface area contributed by atoms with E-state index in [0.717, 1.165) is 16.4 Å². The Bertz CT molecular complexity index is 277. The van der Waals surface area contributed by atoms with Gasteiger partial charge in [-0.2, -0.15) is 0 Å². The lowest BCUT2D eigenvalue weighted by molar-refractivity contribution is 0.0982. The van der Waals surface area contributed by atoms with Gasteiger partial charge in [-0.25, -0.2) is 0 Å². The van der Waals surface area contributed by atoms with E-state index in [2.05, 4.69) is 22.6 Å². The van der Waals surface area contributed by atoms with Crippen molar-refractivity contribution in [1.82, 2.24) is 0 Å². The van der Waals surface area contributed by atoms with E-state index in [1.165, 1.54) is 5.56 Å². The van der Waals surface area contributed by atoms with Crippen LogP contribution in [0.3, 0.4) is 0 Å². The van der Waals surface area contributed by atoms with Crippen LogP contribution >= 0.6 is 22.6 Å². The van der Waals surface area contributed by atoms with Crippen molar-refractivity contribution in [2.45, 2.75) is 19.8 Å². The summed E-state index contributed by atoms with van der Waals surface area (Å²) in [6, 6.07) is 7.78. The monoisotopic (exact) mass is 288 g/mol. The Labute approximate surface area is 92.7 Å². The second-order valence-electron chi connectivity index (χ2n) is 3.08. The average Bonchev–Trinajstić information content (AvgIpc) is 2.15. The zero-order valence-electron chi connectivity index (χ0n) is 7.72. The number of hydrogen-bond donors (Lipinski definition) is 0. The number of alkyl halides is 1. The van der Waals surface area contributed by atoms with Gasteiger partial charge < -0.3 is 0 Å². The molecule has 0 N–H and O–H groups in total. The van der Waals surface area contributed by atoms with Gasteiger partial charge >= 0.3 is 0 Å². The van der Waals surface area contributed by atoms with Crippen molar-refractivity contribution in [3.8, 4) is 0 Å². The minimum atomic E-state index is 0.261. The van der Waals surface area contributed by atoms with Crippen molar-refractivity contribution in [2.75, 3.05) is 4.43 Å². The average molecular weight is 288 g/mol. The molecule has 0 aliphatic carbocycles. The molecule has 0 heterocycles. The Morgan fingerprint density at radius 1 is 1.31 bits per heavy atom. The van der Waals surface area contributed by atoms with Gasteiger partial charge in [0.2, 0.25) is 0 Å². The molecule has 0 amide bonds. The predicted molar refractivity (Wildman–Crippen MR) is 63.6 cm³/mol. The van der Waals surface area contributed by atoms with Crippen molar-refractivity contribution in [3.05, 3.63) is 35.4 Å². The molecule has 0 bridgehead atoms. The SMILES string of the molecule is Cc1ccc(C(=O)CCCI)cc1. The van der Waals surface area contributed by atoms with E-state index in [1.807, 2.05) is 31.2 Å². The normalized spacial score (nSPS) is 10.0. The number of benzene rings is 1. The van der Waals surface area contributed by atoms with Crippen molar-refractivity contribution >= 4 is 28.4 Å². The Balaban J connectivity index is 2.61. The molecule has 0 radical (unpaired) electrons. The molecule has 0 fully saturated rings. The molecule has 0 aliphatic heterocycles. The Kier molecular flexibility index (Phi) is 4.42. The molecule has 0 unspecified atom stereocenters. The zero-order chi connectivity index (χ0) is 9.68. The summed E-state index contributed by atoms with van der Waals surface area (Å²) < 4.78 is 1.05. The minimum Gasteiger partial charge on any atom is -0.294 e. The van der Waals surface area contributed by atoms with Crippen LogP contribution in [0.2, 0.25) is 0 Å². The number of carbonyl (C=O) groups is 1. The number of ketones is 1. The Hall–Kier alpha value is -0.380. The van der Waals surface area contributed by atoms with Gasteiger partial charge in [0.15, 0.2) is 5.78 Å². The second-order valence-corrected chi connectivity index (χ2v) is 4.16. The summed E-state index contributed by atoms with van der Waals surface area (Å²) in [7, 11) is 0. The smallest absolute Gasteiger partial charge is 0.162 e. The fourth-order valence-electron chi connectivity index (χ4n) is 1.11. The predicted octanol–water partition coefficient (Wildman–Crippen LogP) is 3.39. The third-order valence-electron chi connectivity index (χ3n) is 1.91. The molecule has 1 nitrogen and oxygen atoms in total. The second kappa shape index (κ2) is 5.37. The van der Waals surface area contributed by atoms with Crippen LogP contribution in [0, 0.1) is 6.92 Å². The summed E-state index contributed by atoms with van der Waals surface area (Å²) in [4.78, 5) is 11.5. The van der Waals surface area contributed by atoms with Crippen molar-refractivity contribution in [2.24, 2.45) is 0 Å². The van der Waals surface area contributed by atoms with Crippen LogP contribution in [0.1, 0.15) is 28.8 Å². The lowest BCUT2D eigenvalue weighted by atomic mass is 10.1. The van der Waals surface area contributed by atoms with Crippen molar-refractivity contribution in [1.29, 1.82) is 0 Å². The number of rotatable bonds is 4. The van der Waals surface area contributed by atoms with Gasteiger partial charge in [-0.05, 0) is 17.8 Å². The summed E-state index contributed by atoms with van der Waals surface area (Å²) in [6.45, 7) is 2.03. The zero-order valence-corrected chi connectivity index (χ0v) is 9.87. The number of hydrogen-bond acceptors (Lipinski definition) is 1. The van der Waals surface area contributed by atoms with Crippen molar-refractivity contribution < 1.29 is 4.79 Å². The quantitative estimate of drug-likeness (QED) is 0.471. The molecule has 0 spiro atoms. The van der Waals surface area contributed by atoms with Crippen molar-refractivity contribution in [3.63, 3.8) is 0 Å². The highest BCUT2D eigenvalue weighted by atomic mass is 127. The first-order valence-corrected chi connectivity index (χ1v) is 5.92. The first kappa shape index (κ1) is 10.7. The summed E-state index contributed by atoms with van der Waals surface area (Å²) in [5.74, 6) is 0.261. The lowest BCUT2D eigenvalue weighted by Crippen LogP contribution is -1.98. The van der Waals surface area contributed by atoms with Crippen LogP contribution in [0.5, 0.6) is 0 Å². The largest absolute Gasteiger partial charge is 0.294 e. The highest BCUT2D eigenvalue weighted by Crippen LogP contribution is 2.08. The van der Waals surface area contributed by atoms with Crippen LogP contribution < -0.4 is 0 Å². The molecule has 2 heteroatoms. The van der Waals surface area contributed by atoms with Gasteiger partial charge in [0.1, 0.15) is 0 Å². The van der Waals surface area contributed by atoms with Crippen LogP contribution in [0.15, 0.2) is 24.3 Å². The topological polar surface area (TPSA) is 17.1 Å². The first-order valence-electron chi connectivity index (χ1n) is 4.40. The third kappa shape index (κ3) is 3.46. The van der Waals surface area contributed by atoms with Gasteiger partial charge in [-0.1, -0.05) is 52.4 Å². The lowest BCUT2D eigenvalue weighted by Gasteiger charge is -1.99. The molecular formula is C11H13IO. The van der Waals surface area contributed by atoms with Gasteiger partial charge in [0.25, 0.3) is 0 Å². The summed E-state index contributed by atoms with van der Waals surface area (Å²) in [6.07, 6.45) is 1.65. The minimum absolute atomic E-state index is 0.261. The molecule has 70 valence electrons. The van der Waals surface area contributed by atoms with Crippen LogP contribution in [0.25, 0.3) is 0 Å². The van der Waals surface area contributed by atoms with Gasteiger partial charge in [0, 0.05) is 12.0 Å². The molecular weight excluding hydrogens is 275 g/mol. The summed E-state index contributed by atoms with van der Waals surface area (Å²) >= 11 is 2.29. The fraction of sp³-hybridized carbons (Fsp3) is 0.364. The summed E-state index contributed by atoms with van der Waals surface area (Å²) in [5, 5.41) is 0. The van der Waals surface area contributed by atoms with E-state index in [-0.39, 0.29) is 5.78 Å². The molecule has 0 aromatic heterocycles. The summed E-state index contributed by atoms with van der Waals surface area (Å²) in [5.41, 5.74) is 2.04. The highest BCUT2D eigenvalue weighted by Gasteiger charge is 2.03. The molecule has 0 aliphatic rings. The molecule has 0 saturated heterocycles. The Morgan fingerprint density at radius 2 is 1.92 bits per heavy atom. The van der Waals surface area contributed by atoms with E-state index >= 15 is 0 Å². The molecule has 0 atom stereocenters. The maximum absolute atomic E-state index is 11.5. The molecule has 13 heavy (non-hydrogen) atoms. The van der Waals surface area contributed by atoms with E-state index in [0.29, 0.717) is 6.42 Å². The highest BCUT2D eigenvalue weighted by molar-refractivity contribution is 14.1. The number of aryl methyl sites for hydroxylation is 1. The number of Topliss-reactive ketones (excluding diaryl/α,β-unsaturated/α-hetero) is 1.